The van der Waals surface area contributed by atoms with E-state index < -0.39 is 0 Å². The fourth-order valence-electron chi connectivity index (χ4n) is 5.28. The van der Waals surface area contributed by atoms with Crippen LogP contribution in [0.15, 0.2) is 47.2 Å². The van der Waals surface area contributed by atoms with Crippen LogP contribution in [0, 0.1) is 0 Å². The number of H-pyrrole nitrogens is 1. The molecule has 6 rings (SSSR count). The number of aromatic nitrogens is 2. The number of fused-ring (bicyclic) bond motifs is 4. The molecule has 0 spiro atoms. The first kappa shape index (κ1) is 22.6. The number of likely N-dealkylation sites (N-methyl/N-ethyl adjacent to an activating group) is 2. The Balaban J connectivity index is 1.25. The predicted molar refractivity (Wildman–Crippen MR) is 139 cm³/mol. The first-order chi connectivity index (χ1) is 17.4. The van der Waals surface area contributed by atoms with Crippen LogP contribution in [0.3, 0.4) is 0 Å². The number of carbonyl (C=O) groups is 2. The van der Waals surface area contributed by atoms with E-state index in [9.17, 15) is 9.59 Å². The van der Waals surface area contributed by atoms with Crippen LogP contribution in [0.4, 0.5) is 5.82 Å². The highest BCUT2D eigenvalue weighted by Gasteiger charge is 2.32. The van der Waals surface area contributed by atoms with E-state index in [1.54, 1.807) is 0 Å². The summed E-state index contributed by atoms with van der Waals surface area (Å²) in [6.45, 7) is 3.09. The number of benzene rings is 1. The predicted octanol–water partition coefficient (Wildman–Crippen LogP) is 1.77. The minimum absolute atomic E-state index is 0.00236. The number of carbonyl (C=O) groups excluding carboxylic acids is 2. The van der Waals surface area contributed by atoms with Crippen LogP contribution in [0.5, 0.6) is 0 Å². The van der Waals surface area contributed by atoms with E-state index in [0.29, 0.717) is 18.7 Å². The number of aromatic amines is 1. The summed E-state index contributed by atoms with van der Waals surface area (Å²) in [5, 5.41) is 5.84. The van der Waals surface area contributed by atoms with Crippen molar-refractivity contribution in [2.24, 2.45) is 12.0 Å². The molecule has 186 valence electrons. The molecule has 3 aromatic rings. The molecule has 36 heavy (non-hydrogen) atoms. The van der Waals surface area contributed by atoms with E-state index in [1.807, 2.05) is 56.7 Å². The zero-order valence-corrected chi connectivity index (χ0v) is 20.7. The van der Waals surface area contributed by atoms with Gasteiger partial charge in [-0.15, -0.1) is 0 Å². The molecule has 10 nitrogen and oxygen atoms in total. The smallest absolute Gasteiger partial charge is 0.251 e. The van der Waals surface area contributed by atoms with Gasteiger partial charge in [0.1, 0.15) is 5.82 Å². The number of hydrogen-bond donors (Lipinski definition) is 3. The molecule has 3 aliphatic rings. The third-order valence-corrected chi connectivity index (χ3v) is 7.40. The third kappa shape index (κ3) is 3.78. The number of amides is 2. The van der Waals surface area contributed by atoms with E-state index in [4.69, 9.17) is 0 Å². The number of aryl methyl sites for hydroxylation is 1. The monoisotopic (exact) mass is 486 g/mol. The average molecular weight is 487 g/mol. The SMILES string of the molecule is CN1CCN(C(=O)CNC(=O)c2ccc3c(c2)c(-c2cc4c([nH]2)N=CC2=CNN(C)C24)cn3C)CC1. The zero-order chi connectivity index (χ0) is 25.0. The molecule has 2 amide bonds. The summed E-state index contributed by atoms with van der Waals surface area (Å²) in [7, 11) is 6.06. The number of hydrogen-bond acceptors (Lipinski definition) is 6. The molecule has 10 heteroatoms. The molecule has 0 saturated carbocycles. The van der Waals surface area contributed by atoms with E-state index in [1.165, 1.54) is 0 Å². The summed E-state index contributed by atoms with van der Waals surface area (Å²) < 4.78 is 2.06. The quantitative estimate of drug-likeness (QED) is 0.522. The Hall–Kier alpha value is -3.89. The van der Waals surface area contributed by atoms with Crippen molar-refractivity contribution in [3.63, 3.8) is 0 Å². The lowest BCUT2D eigenvalue weighted by molar-refractivity contribution is -0.131. The van der Waals surface area contributed by atoms with Crippen molar-refractivity contribution in [2.75, 3.05) is 46.8 Å². The van der Waals surface area contributed by atoms with Gasteiger partial charge < -0.3 is 30.1 Å². The van der Waals surface area contributed by atoms with Gasteiger partial charge in [0.25, 0.3) is 5.91 Å². The van der Waals surface area contributed by atoms with Gasteiger partial charge in [0.05, 0.1) is 12.6 Å². The van der Waals surface area contributed by atoms with Gasteiger partial charge in [0.15, 0.2) is 0 Å². The molecule has 5 heterocycles. The second-order valence-corrected chi connectivity index (χ2v) is 9.78. The summed E-state index contributed by atoms with van der Waals surface area (Å²) in [5.41, 5.74) is 8.97. The molecule has 1 aromatic carbocycles. The Kier molecular flexibility index (Phi) is 5.42. The van der Waals surface area contributed by atoms with Crippen LogP contribution >= 0.6 is 0 Å². The van der Waals surface area contributed by atoms with Gasteiger partial charge >= 0.3 is 0 Å². The minimum Gasteiger partial charge on any atom is -0.350 e. The van der Waals surface area contributed by atoms with Gasteiger partial charge in [-0.1, -0.05) is 0 Å². The standard InChI is InChI=1S/C26H30N8O2/c1-31-6-8-34(9-7-31)23(35)14-28-26(36)16-4-5-22-18(10-16)20(15-32(22)2)21-11-19-24-17(13-29-33(24)3)12-27-25(19)30-21/h4-5,10-13,15,24,29-30H,6-9,14H2,1-3H3,(H,28,36). The van der Waals surface area contributed by atoms with E-state index in [-0.39, 0.29) is 24.4 Å². The molecule has 1 atom stereocenters. The van der Waals surface area contributed by atoms with Crippen LogP contribution < -0.4 is 10.7 Å². The van der Waals surface area contributed by atoms with Gasteiger partial charge in [-0.25, -0.2) is 10.0 Å². The third-order valence-electron chi connectivity index (χ3n) is 7.40. The number of hydrazine groups is 1. The Bertz CT molecular complexity index is 1420. The van der Waals surface area contributed by atoms with Gasteiger partial charge in [-0.3, -0.25) is 9.59 Å². The molecule has 0 radical (unpaired) electrons. The summed E-state index contributed by atoms with van der Waals surface area (Å²) in [6.07, 6.45) is 5.93. The highest BCUT2D eigenvalue weighted by molar-refractivity contribution is 6.03. The van der Waals surface area contributed by atoms with Crippen LogP contribution in [0.25, 0.3) is 22.2 Å². The van der Waals surface area contributed by atoms with Crippen LogP contribution in [0.2, 0.25) is 0 Å². The number of piperazine rings is 1. The van der Waals surface area contributed by atoms with E-state index in [2.05, 4.69) is 47.5 Å². The maximum Gasteiger partial charge on any atom is 0.251 e. The molecule has 2 aromatic heterocycles. The van der Waals surface area contributed by atoms with Crippen LogP contribution in [-0.4, -0.2) is 89.2 Å². The molecule has 1 unspecified atom stereocenters. The maximum atomic E-state index is 13.0. The average Bonchev–Trinajstić information content (AvgIpc) is 3.57. The number of aliphatic imine (C=N–C) groups is 1. The normalized spacial score (nSPS) is 19.7. The van der Waals surface area contributed by atoms with Gasteiger partial charge in [-0.05, 0) is 31.3 Å². The lowest BCUT2D eigenvalue weighted by atomic mass is 9.99. The first-order valence-electron chi connectivity index (χ1n) is 12.2. The van der Waals surface area contributed by atoms with Crippen molar-refractivity contribution in [3.8, 4) is 11.3 Å². The fourth-order valence-corrected chi connectivity index (χ4v) is 5.28. The molecule has 1 fully saturated rings. The Morgan fingerprint density at radius 2 is 1.92 bits per heavy atom. The summed E-state index contributed by atoms with van der Waals surface area (Å²) >= 11 is 0. The maximum absolute atomic E-state index is 13.0. The molecule has 0 aliphatic carbocycles. The summed E-state index contributed by atoms with van der Waals surface area (Å²) in [5.74, 6) is 0.546. The van der Waals surface area contributed by atoms with Crippen molar-refractivity contribution >= 4 is 34.7 Å². The van der Waals surface area contributed by atoms with Crippen molar-refractivity contribution in [3.05, 3.63) is 53.4 Å². The van der Waals surface area contributed by atoms with Crippen molar-refractivity contribution in [1.82, 2.24) is 35.1 Å². The largest absolute Gasteiger partial charge is 0.350 e. The fraction of sp³-hybridized carbons (Fsp3) is 0.346. The van der Waals surface area contributed by atoms with Crippen molar-refractivity contribution in [2.45, 2.75) is 6.04 Å². The first-order valence-corrected chi connectivity index (χ1v) is 12.2. The zero-order valence-electron chi connectivity index (χ0n) is 20.7. The van der Waals surface area contributed by atoms with Gasteiger partial charge in [-0.2, -0.15) is 0 Å². The molecule has 0 bridgehead atoms. The Labute approximate surface area is 209 Å². The summed E-state index contributed by atoms with van der Waals surface area (Å²) in [6, 6.07) is 7.91. The van der Waals surface area contributed by atoms with Crippen LogP contribution in [-0.2, 0) is 11.8 Å². The molecule has 3 N–H and O–H groups in total. The molecular formula is C26H30N8O2. The molecular weight excluding hydrogens is 456 g/mol. The Morgan fingerprint density at radius 1 is 1.11 bits per heavy atom. The van der Waals surface area contributed by atoms with Crippen molar-refractivity contribution in [1.29, 1.82) is 0 Å². The number of nitrogens with one attached hydrogen (secondary N) is 3. The van der Waals surface area contributed by atoms with E-state index in [0.717, 1.165) is 52.2 Å². The lowest BCUT2D eigenvalue weighted by Crippen LogP contribution is -2.50. The number of nitrogens with zero attached hydrogens (tertiary/aromatic N) is 5. The highest BCUT2D eigenvalue weighted by Crippen LogP contribution is 2.42. The van der Waals surface area contributed by atoms with Gasteiger partial charge in [0, 0.05) is 97.7 Å². The minimum atomic E-state index is -0.252. The number of rotatable bonds is 4. The second kappa shape index (κ2) is 8.65. The topological polar surface area (TPSA) is 101 Å². The lowest BCUT2D eigenvalue weighted by Gasteiger charge is -2.32. The highest BCUT2D eigenvalue weighted by atomic mass is 16.2. The summed E-state index contributed by atoms with van der Waals surface area (Å²) in [4.78, 5) is 37.6. The molecule has 1 saturated heterocycles. The van der Waals surface area contributed by atoms with E-state index >= 15 is 0 Å². The second-order valence-electron chi connectivity index (χ2n) is 9.78. The Morgan fingerprint density at radius 3 is 2.72 bits per heavy atom. The van der Waals surface area contributed by atoms with Crippen molar-refractivity contribution < 1.29 is 9.59 Å². The van der Waals surface area contributed by atoms with Gasteiger partial charge in [0.2, 0.25) is 5.91 Å². The van der Waals surface area contributed by atoms with Crippen LogP contribution in [0.1, 0.15) is 22.0 Å². The molecule has 3 aliphatic heterocycles.